The van der Waals surface area contributed by atoms with Gasteiger partial charge in [-0.05, 0) is 49.2 Å². The second kappa shape index (κ2) is 8.89. The predicted octanol–water partition coefficient (Wildman–Crippen LogP) is 3.36. The number of benzene rings is 1. The maximum absolute atomic E-state index is 13.1. The lowest BCUT2D eigenvalue weighted by molar-refractivity contribution is -0.125. The molecule has 1 aromatic carbocycles. The zero-order chi connectivity index (χ0) is 19.2. The van der Waals surface area contributed by atoms with Crippen LogP contribution in [-0.2, 0) is 14.6 Å². The molecule has 1 heterocycles. The third-order valence-electron chi connectivity index (χ3n) is 4.44. The third-order valence-corrected chi connectivity index (χ3v) is 6.52. The lowest BCUT2D eigenvalue weighted by Gasteiger charge is -2.19. The molecule has 1 amide bonds. The van der Waals surface area contributed by atoms with Crippen molar-refractivity contribution in [2.45, 2.75) is 36.8 Å². The van der Waals surface area contributed by atoms with Gasteiger partial charge in [0.2, 0.25) is 5.91 Å². The van der Waals surface area contributed by atoms with Crippen LogP contribution >= 0.6 is 0 Å². The molecule has 7 heteroatoms. The highest BCUT2D eigenvalue weighted by atomic mass is 32.2. The van der Waals surface area contributed by atoms with Crippen LogP contribution in [0.1, 0.15) is 37.7 Å². The first-order valence-corrected chi connectivity index (χ1v) is 10.2. The molecular formula is C19H25NO5S. The average molecular weight is 379 g/mol. The Hall–Kier alpha value is -2.28. The molecule has 0 radical (unpaired) electrons. The number of ether oxygens (including phenoxy) is 1. The molecule has 0 aliphatic carbocycles. The van der Waals surface area contributed by atoms with Gasteiger partial charge >= 0.3 is 0 Å². The molecule has 2 rings (SSSR count). The molecule has 0 aliphatic heterocycles. The summed E-state index contributed by atoms with van der Waals surface area (Å²) < 4.78 is 36.6. The Morgan fingerprint density at radius 3 is 2.31 bits per heavy atom. The van der Waals surface area contributed by atoms with Gasteiger partial charge in [-0.15, -0.1) is 0 Å². The second-order valence-electron chi connectivity index (χ2n) is 5.98. The molecule has 0 spiro atoms. The zero-order valence-electron chi connectivity index (χ0n) is 15.3. The van der Waals surface area contributed by atoms with E-state index in [-0.39, 0.29) is 23.3 Å². The van der Waals surface area contributed by atoms with Gasteiger partial charge < -0.3 is 14.5 Å². The number of rotatable bonds is 9. The van der Waals surface area contributed by atoms with Gasteiger partial charge in [0.25, 0.3) is 0 Å². The summed E-state index contributed by atoms with van der Waals surface area (Å²) in [4.78, 5) is 12.4. The lowest BCUT2D eigenvalue weighted by Crippen LogP contribution is -2.35. The number of methoxy groups -OCH3 is 1. The van der Waals surface area contributed by atoms with E-state index in [0.29, 0.717) is 24.4 Å². The topological polar surface area (TPSA) is 85.6 Å². The molecular weight excluding hydrogens is 354 g/mol. The van der Waals surface area contributed by atoms with Crippen LogP contribution in [0, 0.1) is 5.92 Å². The van der Waals surface area contributed by atoms with Crippen molar-refractivity contribution in [2.75, 3.05) is 13.7 Å². The fraction of sp³-hybridized carbons (Fsp3) is 0.421. The normalized spacial score (nSPS) is 12.8. The highest BCUT2D eigenvalue weighted by Crippen LogP contribution is 2.30. The Kier molecular flexibility index (Phi) is 6.85. The van der Waals surface area contributed by atoms with Crippen molar-refractivity contribution >= 4 is 15.7 Å². The van der Waals surface area contributed by atoms with E-state index in [9.17, 15) is 13.2 Å². The van der Waals surface area contributed by atoms with Gasteiger partial charge in [-0.1, -0.05) is 13.8 Å². The van der Waals surface area contributed by atoms with Crippen LogP contribution in [0.15, 0.2) is 52.0 Å². The average Bonchev–Trinajstić information content (AvgIpc) is 3.17. The van der Waals surface area contributed by atoms with Gasteiger partial charge in [0.15, 0.2) is 9.84 Å². The molecule has 0 fully saturated rings. The van der Waals surface area contributed by atoms with Gasteiger partial charge in [0, 0.05) is 12.5 Å². The first kappa shape index (κ1) is 20.0. The molecule has 0 saturated heterocycles. The molecule has 0 bridgehead atoms. The SMILES string of the molecule is CCC(CC)C(=O)NCC(c1ccco1)S(=O)(=O)c1ccc(OC)cc1. The fourth-order valence-corrected chi connectivity index (χ4v) is 4.35. The number of hydrogen-bond acceptors (Lipinski definition) is 5. The lowest BCUT2D eigenvalue weighted by atomic mass is 10.0. The molecule has 2 aromatic rings. The molecule has 0 aliphatic rings. The first-order chi connectivity index (χ1) is 12.4. The van der Waals surface area contributed by atoms with Gasteiger partial charge in [-0.25, -0.2) is 8.42 Å². The monoisotopic (exact) mass is 379 g/mol. The van der Waals surface area contributed by atoms with E-state index in [1.165, 1.54) is 25.5 Å². The smallest absolute Gasteiger partial charge is 0.223 e. The minimum Gasteiger partial charge on any atom is -0.497 e. The van der Waals surface area contributed by atoms with Crippen molar-refractivity contribution in [3.63, 3.8) is 0 Å². The fourth-order valence-electron chi connectivity index (χ4n) is 2.76. The number of hydrogen-bond donors (Lipinski definition) is 1. The van der Waals surface area contributed by atoms with E-state index in [1.807, 2.05) is 13.8 Å². The summed E-state index contributed by atoms with van der Waals surface area (Å²) in [5.74, 6) is 0.596. The molecule has 1 atom stereocenters. The molecule has 6 nitrogen and oxygen atoms in total. The zero-order valence-corrected chi connectivity index (χ0v) is 16.1. The van der Waals surface area contributed by atoms with Crippen molar-refractivity contribution in [2.24, 2.45) is 5.92 Å². The molecule has 142 valence electrons. The van der Waals surface area contributed by atoms with Crippen molar-refractivity contribution in [3.8, 4) is 5.75 Å². The van der Waals surface area contributed by atoms with Crippen LogP contribution in [0.3, 0.4) is 0 Å². The van der Waals surface area contributed by atoms with Crippen LogP contribution in [0.5, 0.6) is 5.75 Å². The van der Waals surface area contributed by atoms with Gasteiger partial charge in [0.1, 0.15) is 16.8 Å². The highest BCUT2D eigenvalue weighted by Gasteiger charge is 2.32. The standard InChI is InChI=1S/C19H25NO5S/c1-4-14(5-2)19(21)20-13-18(17-7-6-12-25-17)26(22,23)16-10-8-15(24-3)9-11-16/h6-12,14,18H,4-5,13H2,1-3H3,(H,20,21). The summed E-state index contributed by atoms with van der Waals surface area (Å²) in [7, 11) is -2.23. The first-order valence-electron chi connectivity index (χ1n) is 8.63. The van der Waals surface area contributed by atoms with Crippen LogP contribution in [-0.4, -0.2) is 28.0 Å². The minimum atomic E-state index is -3.75. The van der Waals surface area contributed by atoms with Crippen LogP contribution < -0.4 is 10.1 Å². The van der Waals surface area contributed by atoms with Gasteiger partial charge in [-0.3, -0.25) is 4.79 Å². The molecule has 0 saturated carbocycles. The van der Waals surface area contributed by atoms with E-state index in [0.717, 1.165) is 0 Å². The van der Waals surface area contributed by atoms with E-state index < -0.39 is 15.1 Å². The molecule has 26 heavy (non-hydrogen) atoms. The van der Waals surface area contributed by atoms with Crippen LogP contribution in [0.25, 0.3) is 0 Å². The van der Waals surface area contributed by atoms with Crippen molar-refractivity contribution in [3.05, 3.63) is 48.4 Å². The summed E-state index contributed by atoms with van der Waals surface area (Å²) in [5.41, 5.74) is 0. The van der Waals surface area contributed by atoms with E-state index in [4.69, 9.17) is 9.15 Å². The number of carbonyl (C=O) groups is 1. The highest BCUT2D eigenvalue weighted by molar-refractivity contribution is 7.91. The summed E-state index contributed by atoms with van der Waals surface area (Å²) >= 11 is 0. The Morgan fingerprint density at radius 1 is 1.15 bits per heavy atom. The van der Waals surface area contributed by atoms with Crippen LogP contribution in [0.2, 0.25) is 0 Å². The predicted molar refractivity (Wildman–Crippen MR) is 98.7 cm³/mol. The third kappa shape index (κ3) is 4.46. The molecule has 1 N–H and O–H groups in total. The maximum atomic E-state index is 13.1. The van der Waals surface area contributed by atoms with Crippen molar-refractivity contribution < 1.29 is 22.4 Å². The summed E-state index contributed by atoms with van der Waals surface area (Å²) in [6, 6.07) is 9.41. The van der Waals surface area contributed by atoms with Crippen LogP contribution in [0.4, 0.5) is 0 Å². The Bertz CT molecular complexity index is 793. The maximum Gasteiger partial charge on any atom is 0.223 e. The van der Waals surface area contributed by atoms with Crippen molar-refractivity contribution in [1.29, 1.82) is 0 Å². The number of sulfone groups is 1. The van der Waals surface area contributed by atoms with E-state index >= 15 is 0 Å². The summed E-state index contributed by atoms with van der Waals surface area (Å²) in [6.45, 7) is 3.83. The summed E-state index contributed by atoms with van der Waals surface area (Å²) in [6.07, 6.45) is 2.84. The number of carbonyl (C=O) groups excluding carboxylic acids is 1. The summed E-state index contributed by atoms with van der Waals surface area (Å²) in [5, 5.41) is 1.77. The number of amides is 1. The second-order valence-corrected chi connectivity index (χ2v) is 8.11. The van der Waals surface area contributed by atoms with Gasteiger partial charge in [0.05, 0.1) is 18.3 Å². The Balaban J connectivity index is 2.28. The Labute approximate surface area is 154 Å². The molecule has 1 aromatic heterocycles. The Morgan fingerprint density at radius 2 is 1.81 bits per heavy atom. The largest absolute Gasteiger partial charge is 0.497 e. The van der Waals surface area contributed by atoms with E-state index in [1.54, 1.807) is 24.3 Å². The van der Waals surface area contributed by atoms with Crippen molar-refractivity contribution in [1.82, 2.24) is 5.32 Å². The van der Waals surface area contributed by atoms with E-state index in [2.05, 4.69) is 5.32 Å². The number of furan rings is 1. The minimum absolute atomic E-state index is 0.0444. The van der Waals surface area contributed by atoms with Gasteiger partial charge in [-0.2, -0.15) is 0 Å². The quantitative estimate of drug-likeness (QED) is 0.722. The number of nitrogens with one attached hydrogen (secondary N) is 1. The molecule has 1 unspecified atom stereocenters.